The van der Waals surface area contributed by atoms with E-state index in [0.29, 0.717) is 17.7 Å². The van der Waals surface area contributed by atoms with Gasteiger partial charge in [0.05, 0.1) is 11.1 Å². The van der Waals surface area contributed by atoms with Gasteiger partial charge in [-0.05, 0) is 31.9 Å². The van der Waals surface area contributed by atoms with E-state index in [-0.39, 0.29) is 17.6 Å². The van der Waals surface area contributed by atoms with E-state index in [0.717, 1.165) is 38.5 Å². The predicted molar refractivity (Wildman–Crippen MR) is 80.1 cm³/mol. The van der Waals surface area contributed by atoms with Crippen LogP contribution in [0.5, 0.6) is 5.75 Å². The molecule has 0 aromatic heterocycles. The molecule has 1 saturated carbocycles. The minimum absolute atomic E-state index is 0.0666. The van der Waals surface area contributed by atoms with Crippen LogP contribution < -0.4 is 4.90 Å². The number of hydrogen-bond donors (Lipinski definition) is 1. The smallest absolute Gasteiger partial charge is 0.240 e. The van der Waals surface area contributed by atoms with Crippen molar-refractivity contribution in [2.24, 2.45) is 5.41 Å². The number of aromatic hydroxyl groups is 1. The van der Waals surface area contributed by atoms with Crippen LogP contribution in [0.1, 0.15) is 50.5 Å². The zero-order chi connectivity index (χ0) is 15.0. The van der Waals surface area contributed by atoms with Crippen LogP contribution >= 0.6 is 0 Å². The molecule has 3 rings (SSSR count). The number of phenols is 1. The lowest BCUT2D eigenvalue weighted by Crippen LogP contribution is -2.36. The molecule has 4 nitrogen and oxygen atoms in total. The Hall–Kier alpha value is -1.84. The Morgan fingerprint density at radius 3 is 2.43 bits per heavy atom. The second-order valence-corrected chi connectivity index (χ2v) is 6.33. The van der Waals surface area contributed by atoms with Gasteiger partial charge < -0.3 is 5.11 Å². The van der Waals surface area contributed by atoms with Crippen LogP contribution in [0.4, 0.5) is 5.69 Å². The molecule has 1 aliphatic carbocycles. The molecule has 1 aromatic carbocycles. The molecular formula is C17H21NO3. The first-order chi connectivity index (χ1) is 10.1. The molecule has 1 aromatic rings. The van der Waals surface area contributed by atoms with Crippen LogP contribution in [0, 0.1) is 12.3 Å². The standard InChI is InChI=1S/C17H21NO3/c1-12-13(7-6-8-14(12)19)18-15(20)11-17(16(18)21)9-4-2-3-5-10-17/h6-8,19H,2-5,9-11H2,1H3. The van der Waals surface area contributed by atoms with Crippen molar-refractivity contribution in [1.29, 1.82) is 0 Å². The average molecular weight is 287 g/mol. The number of imide groups is 1. The SMILES string of the molecule is Cc1c(O)cccc1N1C(=O)CC2(CCCCCC2)C1=O. The van der Waals surface area contributed by atoms with Gasteiger partial charge in [0, 0.05) is 12.0 Å². The molecular weight excluding hydrogens is 266 g/mol. The molecule has 1 aliphatic heterocycles. The largest absolute Gasteiger partial charge is 0.508 e. The fourth-order valence-electron chi connectivity index (χ4n) is 3.69. The van der Waals surface area contributed by atoms with E-state index in [4.69, 9.17) is 0 Å². The summed E-state index contributed by atoms with van der Waals surface area (Å²) >= 11 is 0. The number of anilines is 1. The molecule has 1 saturated heterocycles. The van der Waals surface area contributed by atoms with E-state index in [9.17, 15) is 14.7 Å². The van der Waals surface area contributed by atoms with Gasteiger partial charge in [-0.1, -0.05) is 31.7 Å². The van der Waals surface area contributed by atoms with E-state index in [1.165, 1.54) is 4.90 Å². The molecule has 4 heteroatoms. The summed E-state index contributed by atoms with van der Waals surface area (Å²) in [5.74, 6) is -0.0754. The minimum atomic E-state index is -0.495. The molecule has 0 atom stereocenters. The van der Waals surface area contributed by atoms with Crippen molar-refractivity contribution in [1.82, 2.24) is 0 Å². The highest BCUT2D eigenvalue weighted by molar-refractivity contribution is 6.23. The summed E-state index contributed by atoms with van der Waals surface area (Å²) in [6.07, 6.45) is 6.28. The number of carbonyl (C=O) groups is 2. The Morgan fingerprint density at radius 2 is 1.76 bits per heavy atom. The van der Waals surface area contributed by atoms with E-state index < -0.39 is 5.41 Å². The Bertz CT molecular complexity index is 586. The van der Waals surface area contributed by atoms with Gasteiger partial charge in [0.1, 0.15) is 5.75 Å². The molecule has 0 bridgehead atoms. The lowest BCUT2D eigenvalue weighted by Gasteiger charge is -2.25. The Balaban J connectivity index is 1.99. The second-order valence-electron chi connectivity index (χ2n) is 6.33. The number of hydrogen-bond acceptors (Lipinski definition) is 3. The number of nitrogens with zero attached hydrogens (tertiary/aromatic N) is 1. The maximum atomic E-state index is 12.9. The minimum Gasteiger partial charge on any atom is -0.508 e. The number of rotatable bonds is 1. The molecule has 2 aliphatic rings. The zero-order valence-electron chi connectivity index (χ0n) is 12.4. The Labute approximate surface area is 124 Å². The summed E-state index contributed by atoms with van der Waals surface area (Å²) in [5, 5.41) is 9.83. The molecule has 112 valence electrons. The summed E-state index contributed by atoms with van der Waals surface area (Å²) in [5.41, 5.74) is 0.627. The molecule has 1 N–H and O–H groups in total. The van der Waals surface area contributed by atoms with E-state index in [2.05, 4.69) is 0 Å². The van der Waals surface area contributed by atoms with Gasteiger partial charge in [-0.15, -0.1) is 0 Å². The first-order valence-electron chi connectivity index (χ1n) is 7.71. The summed E-state index contributed by atoms with van der Waals surface area (Å²) < 4.78 is 0. The number of amides is 2. The first kappa shape index (κ1) is 14.1. The number of phenolic OH excluding ortho intramolecular Hbond substituents is 1. The fraction of sp³-hybridized carbons (Fsp3) is 0.529. The van der Waals surface area contributed by atoms with Gasteiger partial charge in [-0.2, -0.15) is 0 Å². The van der Waals surface area contributed by atoms with Gasteiger partial charge >= 0.3 is 0 Å². The maximum absolute atomic E-state index is 12.9. The number of carbonyl (C=O) groups excluding carboxylic acids is 2. The highest BCUT2D eigenvalue weighted by Crippen LogP contribution is 2.46. The van der Waals surface area contributed by atoms with Gasteiger partial charge in [0.15, 0.2) is 0 Å². The van der Waals surface area contributed by atoms with Crippen molar-refractivity contribution in [2.45, 2.75) is 51.9 Å². The second kappa shape index (κ2) is 5.17. The zero-order valence-corrected chi connectivity index (χ0v) is 12.4. The van der Waals surface area contributed by atoms with Crippen LogP contribution in [-0.2, 0) is 9.59 Å². The van der Waals surface area contributed by atoms with E-state index >= 15 is 0 Å². The van der Waals surface area contributed by atoms with Gasteiger partial charge in [-0.25, -0.2) is 4.90 Å². The normalized spacial score (nSPS) is 21.9. The predicted octanol–water partition coefficient (Wildman–Crippen LogP) is 3.30. The maximum Gasteiger partial charge on any atom is 0.240 e. The van der Waals surface area contributed by atoms with Crippen molar-refractivity contribution in [3.05, 3.63) is 23.8 Å². The van der Waals surface area contributed by atoms with Crippen LogP contribution in [0.3, 0.4) is 0 Å². The van der Waals surface area contributed by atoms with E-state index in [1.807, 2.05) is 0 Å². The van der Waals surface area contributed by atoms with Crippen molar-refractivity contribution in [3.63, 3.8) is 0 Å². The van der Waals surface area contributed by atoms with Gasteiger partial charge in [0.25, 0.3) is 0 Å². The lowest BCUT2D eigenvalue weighted by molar-refractivity contribution is -0.126. The third kappa shape index (κ3) is 2.23. The van der Waals surface area contributed by atoms with E-state index in [1.54, 1.807) is 25.1 Å². The number of benzene rings is 1. The monoisotopic (exact) mass is 287 g/mol. The third-order valence-electron chi connectivity index (χ3n) is 4.97. The molecule has 0 unspecified atom stereocenters. The van der Waals surface area contributed by atoms with Crippen molar-refractivity contribution >= 4 is 17.5 Å². The van der Waals surface area contributed by atoms with Gasteiger partial charge in [-0.3, -0.25) is 9.59 Å². The summed E-state index contributed by atoms with van der Waals surface area (Å²) in [4.78, 5) is 26.7. The lowest BCUT2D eigenvalue weighted by atomic mass is 9.79. The highest BCUT2D eigenvalue weighted by Gasteiger charge is 2.51. The van der Waals surface area contributed by atoms with Crippen LogP contribution in [-0.4, -0.2) is 16.9 Å². The van der Waals surface area contributed by atoms with Crippen molar-refractivity contribution < 1.29 is 14.7 Å². The Kier molecular flexibility index (Phi) is 3.47. The Morgan fingerprint density at radius 1 is 1.10 bits per heavy atom. The summed E-state index contributed by atoms with van der Waals surface area (Å²) in [7, 11) is 0. The molecule has 2 fully saturated rings. The van der Waals surface area contributed by atoms with Crippen molar-refractivity contribution in [2.75, 3.05) is 4.90 Å². The fourth-order valence-corrected chi connectivity index (χ4v) is 3.69. The quantitative estimate of drug-likeness (QED) is 0.806. The van der Waals surface area contributed by atoms with Crippen molar-refractivity contribution in [3.8, 4) is 5.75 Å². The van der Waals surface area contributed by atoms with Crippen LogP contribution in [0.15, 0.2) is 18.2 Å². The molecule has 2 amide bonds. The van der Waals surface area contributed by atoms with Gasteiger partial charge in [0.2, 0.25) is 11.8 Å². The average Bonchev–Trinajstić information content (AvgIpc) is 2.62. The molecule has 1 spiro atoms. The first-order valence-corrected chi connectivity index (χ1v) is 7.71. The third-order valence-corrected chi connectivity index (χ3v) is 4.97. The molecule has 1 heterocycles. The molecule has 0 radical (unpaired) electrons. The van der Waals surface area contributed by atoms with Crippen LogP contribution in [0.2, 0.25) is 0 Å². The van der Waals surface area contributed by atoms with Crippen LogP contribution in [0.25, 0.3) is 0 Å². The molecule has 21 heavy (non-hydrogen) atoms. The topological polar surface area (TPSA) is 57.6 Å². The highest BCUT2D eigenvalue weighted by atomic mass is 16.3. The summed E-state index contributed by atoms with van der Waals surface area (Å²) in [6.45, 7) is 1.74. The summed E-state index contributed by atoms with van der Waals surface area (Å²) in [6, 6.07) is 4.99.